The number of benzene rings is 2. The lowest BCUT2D eigenvalue weighted by molar-refractivity contribution is -0.384. The van der Waals surface area contributed by atoms with Crippen LogP contribution in [0.25, 0.3) is 10.9 Å². The van der Waals surface area contributed by atoms with E-state index in [1.165, 1.54) is 18.2 Å². The van der Waals surface area contributed by atoms with E-state index in [1.54, 1.807) is 24.3 Å². The van der Waals surface area contributed by atoms with Gasteiger partial charge in [-0.2, -0.15) is 0 Å². The number of nitro benzene ring substituents is 1. The number of hydrogen-bond acceptors (Lipinski definition) is 6. The van der Waals surface area contributed by atoms with E-state index in [9.17, 15) is 24.8 Å². The number of aromatic hydroxyl groups is 1. The summed E-state index contributed by atoms with van der Waals surface area (Å²) in [5.41, 5.74) is 0.463. The Labute approximate surface area is 165 Å². The molecule has 11 heteroatoms. The van der Waals surface area contributed by atoms with E-state index in [0.29, 0.717) is 11.1 Å². The van der Waals surface area contributed by atoms with Crippen molar-refractivity contribution in [3.05, 3.63) is 62.6 Å². The average Bonchev–Trinajstić information content (AvgIpc) is 2.99. The van der Waals surface area contributed by atoms with Crippen molar-refractivity contribution in [2.45, 2.75) is 0 Å². The number of non-ortho nitro benzene ring substituents is 1. The number of fused-ring (bicyclic) bond motifs is 1. The maximum atomic E-state index is 12.0. The van der Waals surface area contributed by atoms with Crippen molar-refractivity contribution in [3.63, 3.8) is 0 Å². The summed E-state index contributed by atoms with van der Waals surface area (Å²) in [5.74, 6) is -1.60. The molecule has 0 unspecified atom stereocenters. The van der Waals surface area contributed by atoms with Crippen LogP contribution in [-0.4, -0.2) is 33.4 Å². The highest BCUT2D eigenvalue weighted by Crippen LogP contribution is 2.37. The number of halogens is 1. The molecule has 0 saturated carbocycles. The van der Waals surface area contributed by atoms with Gasteiger partial charge in [-0.05, 0) is 30.3 Å². The third kappa shape index (κ3) is 4.20. The molecule has 2 amide bonds. The summed E-state index contributed by atoms with van der Waals surface area (Å²) in [6.07, 6.45) is 0. The summed E-state index contributed by atoms with van der Waals surface area (Å²) >= 11 is 3.26. The smallest absolute Gasteiger partial charge is 0.283 e. The van der Waals surface area contributed by atoms with E-state index in [1.807, 2.05) is 0 Å². The van der Waals surface area contributed by atoms with Crippen molar-refractivity contribution in [3.8, 4) is 5.88 Å². The molecule has 2 aromatic carbocycles. The molecule has 1 aromatic heterocycles. The minimum absolute atomic E-state index is 0.105. The van der Waals surface area contributed by atoms with Crippen molar-refractivity contribution in [1.29, 1.82) is 0 Å². The van der Waals surface area contributed by atoms with Gasteiger partial charge in [0.25, 0.3) is 17.5 Å². The first-order chi connectivity index (χ1) is 13.3. The fourth-order valence-corrected chi connectivity index (χ4v) is 2.63. The summed E-state index contributed by atoms with van der Waals surface area (Å²) < 4.78 is 0.813. The van der Waals surface area contributed by atoms with E-state index >= 15 is 0 Å². The van der Waals surface area contributed by atoms with Gasteiger partial charge in [-0.15, -0.1) is 10.2 Å². The second-order valence-electron chi connectivity index (χ2n) is 5.59. The van der Waals surface area contributed by atoms with Crippen LogP contribution in [0.15, 0.2) is 57.2 Å². The average molecular weight is 446 g/mol. The topological polar surface area (TPSA) is 150 Å². The van der Waals surface area contributed by atoms with Crippen LogP contribution in [0.5, 0.6) is 5.88 Å². The van der Waals surface area contributed by atoms with Crippen LogP contribution >= 0.6 is 15.9 Å². The van der Waals surface area contributed by atoms with Gasteiger partial charge in [0.2, 0.25) is 5.88 Å². The number of aromatic nitrogens is 1. The Bertz CT molecular complexity index is 1110. The maximum Gasteiger partial charge on any atom is 0.283 e. The van der Waals surface area contributed by atoms with Crippen LogP contribution in [-0.2, 0) is 4.79 Å². The predicted molar refractivity (Wildman–Crippen MR) is 103 cm³/mol. The summed E-state index contributed by atoms with van der Waals surface area (Å²) in [6, 6.07) is 10.4. The van der Waals surface area contributed by atoms with Gasteiger partial charge in [0.1, 0.15) is 6.54 Å². The zero-order valence-corrected chi connectivity index (χ0v) is 15.6. The van der Waals surface area contributed by atoms with Crippen LogP contribution in [0.1, 0.15) is 10.4 Å². The minimum atomic E-state index is -0.760. The Hall–Kier alpha value is -3.60. The van der Waals surface area contributed by atoms with E-state index in [-0.39, 0.29) is 22.6 Å². The van der Waals surface area contributed by atoms with Gasteiger partial charge >= 0.3 is 0 Å². The lowest BCUT2D eigenvalue weighted by Gasteiger charge is -2.02. The zero-order chi connectivity index (χ0) is 20.3. The van der Waals surface area contributed by atoms with Crippen molar-refractivity contribution >= 4 is 50.0 Å². The number of amides is 2. The van der Waals surface area contributed by atoms with Crippen LogP contribution in [0.4, 0.5) is 11.4 Å². The Morgan fingerprint density at radius 2 is 1.93 bits per heavy atom. The fraction of sp³-hybridized carbons (Fsp3) is 0.0588. The molecule has 3 N–H and O–H groups in total. The van der Waals surface area contributed by atoms with E-state index in [0.717, 1.165) is 4.47 Å². The maximum absolute atomic E-state index is 12.0. The van der Waals surface area contributed by atoms with Gasteiger partial charge in [0.05, 0.1) is 10.4 Å². The first-order valence-electron chi connectivity index (χ1n) is 7.82. The van der Waals surface area contributed by atoms with Crippen molar-refractivity contribution in [2.24, 2.45) is 10.2 Å². The minimum Gasteiger partial charge on any atom is -0.493 e. The summed E-state index contributed by atoms with van der Waals surface area (Å²) in [4.78, 5) is 36.7. The van der Waals surface area contributed by atoms with Gasteiger partial charge in [-0.25, -0.2) is 0 Å². The molecule has 0 aliphatic carbocycles. The Morgan fingerprint density at radius 3 is 2.61 bits per heavy atom. The van der Waals surface area contributed by atoms with Crippen LogP contribution in [0.2, 0.25) is 0 Å². The quantitative estimate of drug-likeness (QED) is 0.311. The highest BCUT2D eigenvalue weighted by atomic mass is 79.9. The van der Waals surface area contributed by atoms with Crippen molar-refractivity contribution in [1.82, 2.24) is 10.3 Å². The lowest BCUT2D eigenvalue weighted by Crippen LogP contribution is -2.28. The molecular formula is C17H12BrN5O5. The Kier molecular flexibility index (Phi) is 5.45. The molecule has 0 atom stereocenters. The molecule has 0 aliphatic rings. The van der Waals surface area contributed by atoms with E-state index < -0.39 is 23.3 Å². The molecule has 142 valence electrons. The second-order valence-corrected chi connectivity index (χ2v) is 6.51. The number of azo groups is 1. The Morgan fingerprint density at radius 1 is 1.21 bits per heavy atom. The third-order valence-corrected chi connectivity index (χ3v) is 4.24. The van der Waals surface area contributed by atoms with Gasteiger partial charge in [-0.3, -0.25) is 19.7 Å². The molecule has 0 bridgehead atoms. The standard InChI is InChI=1S/C17H12BrN5O5/c18-10-3-1-9(2-4-10)16(25)19-8-14(24)21-22-15-12-7-11(23(27)28)5-6-13(12)20-17(15)26/h1-7,20,26H,8H2,(H,19,25). The highest BCUT2D eigenvalue weighted by molar-refractivity contribution is 9.10. The monoisotopic (exact) mass is 445 g/mol. The molecule has 0 aliphatic heterocycles. The van der Waals surface area contributed by atoms with Gasteiger partial charge in [-0.1, -0.05) is 15.9 Å². The molecule has 1 heterocycles. The first kappa shape index (κ1) is 19.2. The molecule has 3 rings (SSSR count). The number of nitrogens with one attached hydrogen (secondary N) is 2. The molecule has 28 heavy (non-hydrogen) atoms. The Balaban J connectivity index is 1.71. The van der Waals surface area contributed by atoms with Crippen LogP contribution in [0, 0.1) is 10.1 Å². The largest absolute Gasteiger partial charge is 0.493 e. The predicted octanol–water partition coefficient (Wildman–Crippen LogP) is 3.58. The fourth-order valence-electron chi connectivity index (χ4n) is 2.37. The molecule has 10 nitrogen and oxygen atoms in total. The zero-order valence-electron chi connectivity index (χ0n) is 14.0. The first-order valence-corrected chi connectivity index (χ1v) is 8.62. The second kappa shape index (κ2) is 7.96. The number of aromatic amines is 1. The summed E-state index contributed by atoms with van der Waals surface area (Å²) in [7, 11) is 0. The third-order valence-electron chi connectivity index (χ3n) is 3.71. The van der Waals surface area contributed by atoms with Crippen LogP contribution in [0.3, 0.4) is 0 Å². The number of nitro groups is 1. The van der Waals surface area contributed by atoms with Gasteiger partial charge in [0, 0.05) is 27.6 Å². The number of hydrogen-bond donors (Lipinski definition) is 3. The van der Waals surface area contributed by atoms with E-state index in [4.69, 9.17) is 0 Å². The van der Waals surface area contributed by atoms with Gasteiger partial charge in [0.15, 0.2) is 5.69 Å². The SMILES string of the molecule is O=C(CNC(=O)c1ccc(Br)cc1)N=Nc1c(O)[nH]c2ccc([N+](=O)[O-])cc12. The van der Waals surface area contributed by atoms with Crippen molar-refractivity contribution in [2.75, 3.05) is 6.54 Å². The molecule has 3 aromatic rings. The summed E-state index contributed by atoms with van der Waals surface area (Å²) in [6.45, 7) is -0.401. The van der Waals surface area contributed by atoms with Gasteiger partial charge < -0.3 is 15.4 Å². The van der Waals surface area contributed by atoms with Crippen molar-refractivity contribution < 1.29 is 19.6 Å². The molecule has 0 fully saturated rings. The number of nitrogens with zero attached hydrogens (tertiary/aromatic N) is 3. The number of rotatable bonds is 5. The number of carbonyl (C=O) groups is 2. The number of carbonyl (C=O) groups excluding carboxylic acids is 2. The molecule has 0 radical (unpaired) electrons. The van der Waals surface area contributed by atoms with E-state index in [2.05, 4.69) is 36.5 Å². The highest BCUT2D eigenvalue weighted by Gasteiger charge is 2.15. The molecule has 0 saturated heterocycles. The lowest BCUT2D eigenvalue weighted by atomic mass is 10.2. The van der Waals surface area contributed by atoms with Crippen LogP contribution < -0.4 is 5.32 Å². The normalized spacial score (nSPS) is 11.0. The summed E-state index contributed by atoms with van der Waals surface area (Å²) in [5, 5.41) is 30.6. The molecular weight excluding hydrogens is 434 g/mol. The molecule has 0 spiro atoms. The number of H-pyrrole nitrogens is 1.